The van der Waals surface area contributed by atoms with Crippen LogP contribution in [0.1, 0.15) is 18.9 Å². The average Bonchev–Trinajstić information content (AvgIpc) is 3.03. The second kappa shape index (κ2) is 8.68. The summed E-state index contributed by atoms with van der Waals surface area (Å²) in [6.45, 7) is 4.24. The molecule has 28 heavy (non-hydrogen) atoms. The highest BCUT2D eigenvalue weighted by atomic mass is 79.9. The van der Waals surface area contributed by atoms with Crippen molar-refractivity contribution >= 4 is 31.8 Å². The van der Waals surface area contributed by atoms with Gasteiger partial charge in [0.05, 0.1) is 16.2 Å². The fourth-order valence-electron chi connectivity index (χ4n) is 3.17. The number of piperazine rings is 1. The third-order valence-electron chi connectivity index (χ3n) is 4.65. The lowest BCUT2D eigenvalue weighted by atomic mass is 10.1. The molecule has 2 heterocycles. The monoisotopic (exact) mass is 471 g/mol. The standard InChI is InChI=1S/C17H22BrN5O4S/c1-2-3-14-4-6-15(7-5-14)28(26,27)22-10-8-20(9-11-22)13-21-12-16(18)17(19-21)23(24)25/h4-7,12H,2-3,8-11,13H2,1H3. The Bertz CT molecular complexity index is 937. The number of sulfonamides is 1. The number of hydrogen-bond donors (Lipinski definition) is 0. The maximum atomic E-state index is 12.9. The molecule has 0 spiro atoms. The second-order valence-corrected chi connectivity index (χ2v) is 9.45. The molecule has 0 N–H and O–H groups in total. The van der Waals surface area contributed by atoms with Gasteiger partial charge in [0.2, 0.25) is 10.0 Å². The van der Waals surface area contributed by atoms with Crippen molar-refractivity contribution in [1.29, 1.82) is 0 Å². The number of rotatable bonds is 7. The summed E-state index contributed by atoms with van der Waals surface area (Å²) in [5.41, 5.74) is 1.13. The van der Waals surface area contributed by atoms with Gasteiger partial charge in [-0.25, -0.2) is 8.42 Å². The van der Waals surface area contributed by atoms with Gasteiger partial charge in [-0.05, 0) is 45.0 Å². The zero-order chi connectivity index (χ0) is 20.3. The summed E-state index contributed by atoms with van der Waals surface area (Å²) < 4.78 is 29.0. The van der Waals surface area contributed by atoms with Crippen LogP contribution in [-0.4, -0.2) is 58.5 Å². The summed E-state index contributed by atoms with van der Waals surface area (Å²) in [7, 11) is -3.52. The lowest BCUT2D eigenvalue weighted by Gasteiger charge is -2.33. The molecule has 1 aromatic heterocycles. The van der Waals surface area contributed by atoms with E-state index in [1.54, 1.807) is 18.3 Å². The average molecular weight is 472 g/mol. The van der Waals surface area contributed by atoms with Crippen molar-refractivity contribution in [3.63, 3.8) is 0 Å². The Hall–Kier alpha value is -1.82. The maximum Gasteiger partial charge on any atom is 0.404 e. The van der Waals surface area contributed by atoms with Gasteiger partial charge in [0.25, 0.3) is 0 Å². The van der Waals surface area contributed by atoms with Crippen LogP contribution in [0.15, 0.2) is 39.8 Å². The molecule has 1 fully saturated rings. The van der Waals surface area contributed by atoms with E-state index in [-0.39, 0.29) is 5.82 Å². The molecule has 9 nitrogen and oxygen atoms in total. The number of benzene rings is 1. The van der Waals surface area contributed by atoms with Crippen LogP contribution in [0, 0.1) is 10.1 Å². The van der Waals surface area contributed by atoms with Crippen LogP contribution in [0.3, 0.4) is 0 Å². The molecule has 152 valence electrons. The van der Waals surface area contributed by atoms with Crippen LogP contribution in [0.25, 0.3) is 0 Å². The minimum absolute atomic E-state index is 0.229. The van der Waals surface area contributed by atoms with E-state index in [9.17, 15) is 18.5 Å². The Labute approximate surface area is 172 Å². The third-order valence-corrected chi connectivity index (χ3v) is 7.12. The van der Waals surface area contributed by atoms with Gasteiger partial charge in [0.15, 0.2) is 0 Å². The first-order valence-electron chi connectivity index (χ1n) is 9.00. The van der Waals surface area contributed by atoms with E-state index in [2.05, 4.69) is 28.0 Å². The van der Waals surface area contributed by atoms with E-state index in [0.29, 0.717) is 42.2 Å². The highest BCUT2D eigenvalue weighted by Crippen LogP contribution is 2.23. The molecule has 0 radical (unpaired) electrons. The number of aryl methyl sites for hydroxylation is 1. The molecular formula is C17H22BrN5O4S. The summed E-state index contributed by atoms with van der Waals surface area (Å²) in [6, 6.07) is 7.09. The molecule has 0 bridgehead atoms. The van der Waals surface area contributed by atoms with Crippen molar-refractivity contribution in [2.24, 2.45) is 0 Å². The van der Waals surface area contributed by atoms with Crippen LogP contribution in [0.5, 0.6) is 0 Å². The molecule has 1 aromatic carbocycles. The topological polar surface area (TPSA) is 102 Å². The predicted molar refractivity (Wildman–Crippen MR) is 107 cm³/mol. The number of nitrogens with zero attached hydrogens (tertiary/aromatic N) is 5. The Morgan fingerprint density at radius 1 is 1.18 bits per heavy atom. The molecule has 2 aromatic rings. The largest absolute Gasteiger partial charge is 0.404 e. The van der Waals surface area contributed by atoms with Crippen molar-refractivity contribution in [3.8, 4) is 0 Å². The third kappa shape index (κ3) is 4.59. The second-order valence-electron chi connectivity index (χ2n) is 6.65. The summed E-state index contributed by atoms with van der Waals surface area (Å²) in [4.78, 5) is 12.7. The Balaban J connectivity index is 1.61. The van der Waals surface area contributed by atoms with E-state index >= 15 is 0 Å². The van der Waals surface area contributed by atoms with Gasteiger partial charge in [-0.2, -0.15) is 8.99 Å². The smallest absolute Gasteiger partial charge is 0.358 e. The van der Waals surface area contributed by atoms with Crippen molar-refractivity contribution in [1.82, 2.24) is 19.0 Å². The molecule has 1 aliphatic rings. The minimum atomic E-state index is -3.52. The van der Waals surface area contributed by atoms with Crippen molar-refractivity contribution in [3.05, 3.63) is 50.6 Å². The minimum Gasteiger partial charge on any atom is -0.358 e. The van der Waals surface area contributed by atoms with Crippen molar-refractivity contribution in [2.75, 3.05) is 26.2 Å². The van der Waals surface area contributed by atoms with E-state index < -0.39 is 14.9 Å². The van der Waals surface area contributed by atoms with Crippen LogP contribution >= 0.6 is 15.9 Å². The fraction of sp³-hybridized carbons (Fsp3) is 0.471. The number of hydrogen-bond acceptors (Lipinski definition) is 6. The van der Waals surface area contributed by atoms with Gasteiger partial charge in [-0.15, -0.1) is 0 Å². The first-order valence-corrected chi connectivity index (χ1v) is 11.2. The first kappa shape index (κ1) is 20.9. The molecule has 0 aliphatic carbocycles. The molecule has 11 heteroatoms. The highest BCUT2D eigenvalue weighted by molar-refractivity contribution is 9.10. The molecule has 0 saturated carbocycles. The van der Waals surface area contributed by atoms with Gasteiger partial charge < -0.3 is 10.1 Å². The Kier molecular flexibility index (Phi) is 6.48. The first-order chi connectivity index (χ1) is 13.3. The molecule has 0 amide bonds. The van der Waals surface area contributed by atoms with E-state index in [0.717, 1.165) is 18.4 Å². The van der Waals surface area contributed by atoms with Crippen LogP contribution in [0.2, 0.25) is 0 Å². The van der Waals surface area contributed by atoms with Gasteiger partial charge in [-0.1, -0.05) is 25.5 Å². The molecular weight excluding hydrogens is 450 g/mol. The van der Waals surface area contributed by atoms with Crippen molar-refractivity contribution in [2.45, 2.75) is 31.3 Å². The Morgan fingerprint density at radius 3 is 2.36 bits per heavy atom. The van der Waals surface area contributed by atoms with Gasteiger partial charge in [-0.3, -0.25) is 4.90 Å². The number of aromatic nitrogens is 2. The summed E-state index contributed by atoms with van der Waals surface area (Å²) in [5, 5.41) is 14.8. The molecule has 1 aliphatic heterocycles. The van der Waals surface area contributed by atoms with E-state index in [1.807, 2.05) is 17.0 Å². The van der Waals surface area contributed by atoms with Crippen LogP contribution < -0.4 is 0 Å². The maximum absolute atomic E-state index is 12.9. The van der Waals surface area contributed by atoms with Gasteiger partial charge in [0, 0.05) is 26.2 Å². The van der Waals surface area contributed by atoms with Gasteiger partial charge in [0.1, 0.15) is 11.1 Å². The predicted octanol–water partition coefficient (Wildman–Crippen LogP) is 2.47. The normalized spacial score (nSPS) is 16.4. The van der Waals surface area contributed by atoms with E-state index in [1.165, 1.54) is 8.99 Å². The van der Waals surface area contributed by atoms with E-state index in [4.69, 9.17) is 0 Å². The lowest BCUT2D eigenvalue weighted by Crippen LogP contribution is -2.48. The number of halogens is 1. The number of nitro groups is 1. The summed E-state index contributed by atoms with van der Waals surface area (Å²) in [5.74, 6) is -0.229. The summed E-state index contributed by atoms with van der Waals surface area (Å²) >= 11 is 3.13. The Morgan fingerprint density at radius 2 is 1.82 bits per heavy atom. The fourth-order valence-corrected chi connectivity index (χ4v) is 5.05. The van der Waals surface area contributed by atoms with Crippen molar-refractivity contribution < 1.29 is 13.3 Å². The quantitative estimate of drug-likeness (QED) is 0.453. The zero-order valence-electron chi connectivity index (χ0n) is 15.5. The molecule has 3 rings (SSSR count). The molecule has 1 saturated heterocycles. The van der Waals surface area contributed by atoms with Crippen LogP contribution in [0.4, 0.5) is 5.82 Å². The summed E-state index contributed by atoms with van der Waals surface area (Å²) in [6.07, 6.45) is 3.50. The van der Waals surface area contributed by atoms with Crippen LogP contribution in [-0.2, 0) is 23.1 Å². The molecule has 0 unspecified atom stereocenters. The SMILES string of the molecule is CCCc1ccc(S(=O)(=O)N2CCN(Cn3cc(Br)c([N+](=O)[O-])n3)CC2)cc1. The molecule has 0 atom stereocenters. The van der Waals surface area contributed by atoms with Gasteiger partial charge >= 0.3 is 5.82 Å². The highest BCUT2D eigenvalue weighted by Gasteiger charge is 2.29. The zero-order valence-corrected chi connectivity index (χ0v) is 17.9. The lowest BCUT2D eigenvalue weighted by molar-refractivity contribution is -0.390.